The molecule has 11 heteroatoms. The number of aromatic amines is 1. The van der Waals surface area contributed by atoms with E-state index in [9.17, 15) is 22.8 Å². The highest BCUT2D eigenvalue weighted by Gasteiger charge is 2.33. The number of sulfonamides is 1. The van der Waals surface area contributed by atoms with E-state index < -0.39 is 33.9 Å². The van der Waals surface area contributed by atoms with Gasteiger partial charge in [0.1, 0.15) is 12.1 Å². The predicted molar refractivity (Wildman–Crippen MR) is 201 cm³/mol. The Kier molecular flexibility index (Phi) is 10.5. The minimum Gasteiger partial charge on any atom is -0.361 e. The molecule has 2 heterocycles. The Balaban J connectivity index is 1.33. The predicted octanol–water partition coefficient (Wildman–Crippen LogP) is 6.43. The van der Waals surface area contributed by atoms with Gasteiger partial charge in [-0.05, 0) is 83.3 Å². The Hall–Kier alpha value is -5.52. The minimum absolute atomic E-state index is 0.0112. The molecule has 0 aliphatic carbocycles. The molecule has 6 rings (SSSR count). The minimum atomic E-state index is -4.25. The van der Waals surface area contributed by atoms with Crippen molar-refractivity contribution < 1.29 is 22.8 Å². The standard InChI is InChI=1S/C40H38N4O5S2/c1-26-19-27(2)21-31(20-26)40(47)44(3)37(22-28-13-15-29(16-14-28)30-17-18-50-25-30)39(46)42-36(23-32-24-41-35-12-8-7-11-34(32)35)38(45)43-51(48,49)33-9-5-4-6-10-33/h4-21,24-25,36-37,41H,22-23H2,1-3H3,(H,42,46)(H,43,45)/t36-,37+/m0/s1. The average Bonchev–Trinajstić information content (AvgIpc) is 3.81. The Morgan fingerprint density at radius 3 is 2.18 bits per heavy atom. The second-order valence-corrected chi connectivity index (χ2v) is 15.1. The molecule has 260 valence electrons. The Bertz CT molecular complexity index is 2260. The summed E-state index contributed by atoms with van der Waals surface area (Å²) in [5.41, 5.74) is 6.70. The zero-order valence-electron chi connectivity index (χ0n) is 28.4. The van der Waals surface area contributed by atoms with E-state index >= 15 is 0 Å². The first kappa shape index (κ1) is 35.3. The maximum absolute atomic E-state index is 14.4. The normalized spacial score (nSPS) is 12.6. The summed E-state index contributed by atoms with van der Waals surface area (Å²) >= 11 is 1.60. The highest BCUT2D eigenvalue weighted by Crippen LogP contribution is 2.24. The summed E-state index contributed by atoms with van der Waals surface area (Å²) in [4.78, 5) is 46.7. The molecule has 0 aliphatic rings. The van der Waals surface area contributed by atoms with Gasteiger partial charge in [-0.1, -0.05) is 77.9 Å². The number of carbonyl (C=O) groups is 3. The molecule has 4 aromatic carbocycles. The van der Waals surface area contributed by atoms with E-state index in [1.54, 1.807) is 54.9 Å². The van der Waals surface area contributed by atoms with Gasteiger partial charge in [0.25, 0.3) is 21.8 Å². The lowest BCUT2D eigenvalue weighted by atomic mass is 9.99. The van der Waals surface area contributed by atoms with Crippen molar-refractivity contribution in [2.45, 2.75) is 43.7 Å². The highest BCUT2D eigenvalue weighted by molar-refractivity contribution is 7.90. The van der Waals surface area contributed by atoms with Crippen molar-refractivity contribution in [3.8, 4) is 11.1 Å². The van der Waals surface area contributed by atoms with Gasteiger partial charge < -0.3 is 15.2 Å². The maximum Gasteiger partial charge on any atom is 0.264 e. The quantitative estimate of drug-likeness (QED) is 0.134. The van der Waals surface area contributed by atoms with Gasteiger partial charge in [-0.15, -0.1) is 0 Å². The summed E-state index contributed by atoms with van der Waals surface area (Å²) in [5.74, 6) is -1.87. The Morgan fingerprint density at radius 1 is 0.804 bits per heavy atom. The van der Waals surface area contributed by atoms with Crippen LogP contribution in [-0.4, -0.2) is 55.2 Å². The monoisotopic (exact) mass is 718 g/mol. The first-order valence-electron chi connectivity index (χ1n) is 16.4. The largest absolute Gasteiger partial charge is 0.361 e. The van der Waals surface area contributed by atoms with Crippen LogP contribution in [0.2, 0.25) is 0 Å². The smallest absolute Gasteiger partial charge is 0.264 e. The number of hydrogen-bond acceptors (Lipinski definition) is 6. The van der Waals surface area contributed by atoms with E-state index in [0.717, 1.165) is 38.7 Å². The molecule has 0 radical (unpaired) electrons. The molecule has 0 bridgehead atoms. The summed E-state index contributed by atoms with van der Waals surface area (Å²) < 4.78 is 28.6. The molecule has 2 atom stereocenters. The van der Waals surface area contributed by atoms with Crippen molar-refractivity contribution in [1.82, 2.24) is 19.9 Å². The maximum atomic E-state index is 14.4. The van der Waals surface area contributed by atoms with Crippen molar-refractivity contribution in [3.05, 3.63) is 148 Å². The topological polar surface area (TPSA) is 128 Å². The lowest BCUT2D eigenvalue weighted by Gasteiger charge is -2.29. The van der Waals surface area contributed by atoms with Crippen LogP contribution in [0, 0.1) is 13.8 Å². The van der Waals surface area contributed by atoms with Gasteiger partial charge in [-0.3, -0.25) is 14.4 Å². The van der Waals surface area contributed by atoms with Crippen molar-refractivity contribution in [3.63, 3.8) is 0 Å². The second-order valence-electron chi connectivity index (χ2n) is 12.6. The molecule has 0 saturated heterocycles. The van der Waals surface area contributed by atoms with Gasteiger partial charge in [0.15, 0.2) is 0 Å². The number of amides is 3. The van der Waals surface area contributed by atoms with Crippen molar-refractivity contribution in [2.24, 2.45) is 0 Å². The molecule has 0 saturated carbocycles. The zero-order chi connectivity index (χ0) is 36.1. The van der Waals surface area contributed by atoms with E-state index in [1.165, 1.54) is 17.0 Å². The van der Waals surface area contributed by atoms with Crippen LogP contribution in [0.1, 0.15) is 32.6 Å². The number of carbonyl (C=O) groups excluding carboxylic acids is 3. The van der Waals surface area contributed by atoms with E-state index in [1.807, 2.05) is 79.9 Å². The van der Waals surface area contributed by atoms with Gasteiger partial charge in [-0.25, -0.2) is 13.1 Å². The van der Waals surface area contributed by atoms with Crippen molar-refractivity contribution in [2.75, 3.05) is 7.05 Å². The first-order valence-corrected chi connectivity index (χ1v) is 18.8. The molecule has 0 spiro atoms. The molecule has 3 amide bonds. The zero-order valence-corrected chi connectivity index (χ0v) is 30.1. The van der Waals surface area contributed by atoms with Crippen LogP contribution in [0.5, 0.6) is 0 Å². The fraction of sp³-hybridized carbons (Fsp3) is 0.175. The molecule has 0 aliphatic heterocycles. The van der Waals surface area contributed by atoms with E-state index in [0.29, 0.717) is 11.1 Å². The fourth-order valence-corrected chi connectivity index (χ4v) is 7.90. The Morgan fingerprint density at radius 2 is 1.49 bits per heavy atom. The lowest BCUT2D eigenvalue weighted by Crippen LogP contribution is -2.56. The number of rotatable bonds is 12. The summed E-state index contributed by atoms with van der Waals surface area (Å²) in [5, 5.41) is 7.73. The first-order chi connectivity index (χ1) is 24.5. The molecule has 0 fully saturated rings. The number of para-hydroxylation sites is 1. The summed E-state index contributed by atoms with van der Waals surface area (Å²) in [6.45, 7) is 3.81. The Labute approximate surface area is 301 Å². The third kappa shape index (κ3) is 8.28. The SMILES string of the molecule is Cc1cc(C)cc(C(=O)N(C)[C@H](Cc2ccc(-c3ccsc3)cc2)C(=O)N[C@@H](Cc2c[nH]c3ccccc23)C(=O)NS(=O)(=O)c2ccccc2)c1. The molecule has 6 aromatic rings. The van der Waals surface area contributed by atoms with Gasteiger partial charge in [0.05, 0.1) is 4.90 Å². The van der Waals surface area contributed by atoms with Gasteiger partial charge in [-0.2, -0.15) is 11.3 Å². The van der Waals surface area contributed by atoms with Gasteiger partial charge in [0, 0.05) is 42.6 Å². The van der Waals surface area contributed by atoms with Crippen LogP contribution in [0.4, 0.5) is 0 Å². The molecule has 0 unspecified atom stereocenters. The molecule has 3 N–H and O–H groups in total. The van der Waals surface area contributed by atoms with Crippen molar-refractivity contribution >= 4 is 50.0 Å². The van der Waals surface area contributed by atoms with Crippen LogP contribution < -0.4 is 10.0 Å². The van der Waals surface area contributed by atoms with Crippen molar-refractivity contribution in [1.29, 1.82) is 0 Å². The van der Waals surface area contributed by atoms with E-state index in [4.69, 9.17) is 0 Å². The van der Waals surface area contributed by atoms with Crippen LogP contribution in [0.25, 0.3) is 22.0 Å². The third-order valence-electron chi connectivity index (χ3n) is 8.82. The molecule has 51 heavy (non-hydrogen) atoms. The number of benzene rings is 4. The number of H-pyrrole nitrogens is 1. The second kappa shape index (κ2) is 15.2. The number of nitrogens with zero attached hydrogens (tertiary/aromatic N) is 1. The van der Waals surface area contributed by atoms with Crippen LogP contribution in [-0.2, 0) is 32.5 Å². The molecular weight excluding hydrogens is 681 g/mol. The van der Waals surface area contributed by atoms with Crippen LogP contribution in [0.3, 0.4) is 0 Å². The number of thiophene rings is 1. The number of aromatic nitrogens is 1. The highest BCUT2D eigenvalue weighted by atomic mass is 32.2. The average molecular weight is 719 g/mol. The third-order valence-corrected chi connectivity index (χ3v) is 10.9. The summed E-state index contributed by atoms with van der Waals surface area (Å²) in [6.07, 6.45) is 1.88. The fourth-order valence-electron chi connectivity index (χ4n) is 6.19. The van der Waals surface area contributed by atoms with Gasteiger partial charge in [0.2, 0.25) is 5.91 Å². The molecule has 9 nitrogen and oxygen atoms in total. The number of nitrogens with one attached hydrogen (secondary N) is 3. The molecule has 2 aromatic heterocycles. The number of aryl methyl sites for hydroxylation is 2. The van der Waals surface area contributed by atoms with E-state index in [-0.39, 0.29) is 23.6 Å². The van der Waals surface area contributed by atoms with E-state index in [2.05, 4.69) is 20.4 Å². The summed E-state index contributed by atoms with van der Waals surface area (Å²) in [7, 11) is -2.68. The van der Waals surface area contributed by atoms with Crippen LogP contribution >= 0.6 is 11.3 Å². The summed E-state index contributed by atoms with van der Waals surface area (Å²) in [6, 6.07) is 28.1. The molecular formula is C40H38N4O5S2. The number of likely N-dealkylation sites (N-methyl/N-ethyl adjacent to an activating group) is 1. The van der Waals surface area contributed by atoms with Crippen LogP contribution in [0.15, 0.2) is 125 Å². The number of fused-ring (bicyclic) bond motifs is 1. The van der Waals surface area contributed by atoms with Gasteiger partial charge >= 0.3 is 0 Å². The number of hydrogen-bond donors (Lipinski definition) is 3. The lowest BCUT2D eigenvalue weighted by molar-refractivity contribution is -0.130.